The normalized spacial score (nSPS) is 30.1. The molecule has 1 aliphatic carbocycles. The molecule has 0 radical (unpaired) electrons. The van der Waals surface area contributed by atoms with Gasteiger partial charge >= 0.3 is 5.97 Å². The Bertz CT molecular complexity index is 152. The van der Waals surface area contributed by atoms with Crippen molar-refractivity contribution in [2.24, 2.45) is 11.8 Å². The molecule has 0 heterocycles. The summed E-state index contributed by atoms with van der Waals surface area (Å²) < 4.78 is 0. The minimum Gasteiger partial charge on any atom is -0.481 e. The number of carboxylic acids is 1. The second-order valence-corrected chi connectivity index (χ2v) is 3.86. The Labute approximate surface area is 74.0 Å². The maximum atomic E-state index is 10.7. The van der Waals surface area contributed by atoms with Crippen molar-refractivity contribution in [3.63, 3.8) is 0 Å². The first-order chi connectivity index (χ1) is 5.74. The SMILES string of the molecule is CCC[C@H]1CCC[C@H](C(=O)O)C1. The second-order valence-electron chi connectivity index (χ2n) is 3.86. The van der Waals surface area contributed by atoms with E-state index in [-0.39, 0.29) is 5.92 Å². The lowest BCUT2D eigenvalue weighted by Gasteiger charge is -2.26. The van der Waals surface area contributed by atoms with Gasteiger partial charge in [-0.05, 0) is 18.8 Å². The van der Waals surface area contributed by atoms with Crippen LogP contribution in [0.1, 0.15) is 45.4 Å². The first-order valence-electron chi connectivity index (χ1n) is 4.96. The van der Waals surface area contributed by atoms with Crippen molar-refractivity contribution in [1.29, 1.82) is 0 Å². The molecule has 0 amide bonds. The Morgan fingerprint density at radius 1 is 1.50 bits per heavy atom. The van der Waals surface area contributed by atoms with Crippen molar-refractivity contribution in [3.05, 3.63) is 0 Å². The Morgan fingerprint density at radius 2 is 2.25 bits per heavy atom. The number of hydrogen-bond donors (Lipinski definition) is 1. The molecule has 2 nitrogen and oxygen atoms in total. The molecule has 2 heteroatoms. The van der Waals surface area contributed by atoms with E-state index in [1.54, 1.807) is 0 Å². The molecular weight excluding hydrogens is 152 g/mol. The molecule has 0 aromatic rings. The average molecular weight is 170 g/mol. The third-order valence-electron chi connectivity index (χ3n) is 2.83. The van der Waals surface area contributed by atoms with Crippen LogP contribution in [0.2, 0.25) is 0 Å². The van der Waals surface area contributed by atoms with Gasteiger partial charge in [0, 0.05) is 0 Å². The molecule has 1 aliphatic rings. The lowest BCUT2D eigenvalue weighted by molar-refractivity contribution is -0.143. The van der Waals surface area contributed by atoms with Gasteiger partial charge in [0.15, 0.2) is 0 Å². The van der Waals surface area contributed by atoms with Crippen LogP contribution in [-0.4, -0.2) is 11.1 Å². The van der Waals surface area contributed by atoms with Gasteiger partial charge < -0.3 is 5.11 Å². The topological polar surface area (TPSA) is 37.3 Å². The molecular formula is C10H18O2. The highest BCUT2D eigenvalue weighted by Crippen LogP contribution is 2.31. The van der Waals surface area contributed by atoms with E-state index < -0.39 is 5.97 Å². The molecule has 0 bridgehead atoms. The maximum absolute atomic E-state index is 10.7. The summed E-state index contributed by atoms with van der Waals surface area (Å²) in [6.45, 7) is 2.17. The summed E-state index contributed by atoms with van der Waals surface area (Å²) in [5.41, 5.74) is 0. The predicted molar refractivity (Wildman–Crippen MR) is 48.0 cm³/mol. The molecule has 1 rings (SSSR count). The lowest BCUT2D eigenvalue weighted by atomic mass is 9.79. The van der Waals surface area contributed by atoms with Crippen LogP contribution < -0.4 is 0 Å². The van der Waals surface area contributed by atoms with Crippen molar-refractivity contribution >= 4 is 5.97 Å². The summed E-state index contributed by atoms with van der Waals surface area (Å²) in [5, 5.41) is 8.82. The van der Waals surface area contributed by atoms with Crippen LogP contribution in [0.25, 0.3) is 0 Å². The first-order valence-corrected chi connectivity index (χ1v) is 4.96. The zero-order valence-corrected chi connectivity index (χ0v) is 7.75. The standard InChI is InChI=1S/C10H18O2/c1-2-4-8-5-3-6-9(7-8)10(11)12/h8-9H,2-7H2,1H3,(H,11,12)/t8-,9-/m0/s1. The van der Waals surface area contributed by atoms with E-state index in [9.17, 15) is 4.79 Å². The minimum atomic E-state index is -0.587. The molecule has 1 N–H and O–H groups in total. The second kappa shape index (κ2) is 4.48. The van der Waals surface area contributed by atoms with E-state index in [1.165, 1.54) is 19.3 Å². The number of rotatable bonds is 3. The third-order valence-corrected chi connectivity index (χ3v) is 2.83. The molecule has 0 aromatic heterocycles. The van der Waals surface area contributed by atoms with Gasteiger partial charge in [-0.2, -0.15) is 0 Å². The number of carboxylic acid groups (broad SMARTS) is 1. The smallest absolute Gasteiger partial charge is 0.306 e. The van der Waals surface area contributed by atoms with Gasteiger partial charge in [-0.3, -0.25) is 4.79 Å². The van der Waals surface area contributed by atoms with E-state index in [2.05, 4.69) is 6.92 Å². The predicted octanol–water partition coefficient (Wildman–Crippen LogP) is 2.68. The molecule has 2 atom stereocenters. The molecule has 12 heavy (non-hydrogen) atoms. The van der Waals surface area contributed by atoms with Crippen LogP contribution in [0.5, 0.6) is 0 Å². The quantitative estimate of drug-likeness (QED) is 0.707. The fraction of sp³-hybridized carbons (Fsp3) is 0.900. The van der Waals surface area contributed by atoms with Crippen LogP contribution in [0, 0.1) is 11.8 Å². The molecule has 1 fully saturated rings. The first kappa shape index (κ1) is 9.56. The van der Waals surface area contributed by atoms with Gasteiger partial charge in [0.2, 0.25) is 0 Å². The summed E-state index contributed by atoms with van der Waals surface area (Å²) in [6, 6.07) is 0. The number of aliphatic carboxylic acids is 1. The monoisotopic (exact) mass is 170 g/mol. The number of carbonyl (C=O) groups is 1. The summed E-state index contributed by atoms with van der Waals surface area (Å²) in [5.74, 6) is 0.0518. The van der Waals surface area contributed by atoms with Crippen LogP contribution in [0.3, 0.4) is 0 Å². The lowest BCUT2D eigenvalue weighted by Crippen LogP contribution is -2.22. The summed E-state index contributed by atoms with van der Waals surface area (Å²) >= 11 is 0. The summed E-state index contributed by atoms with van der Waals surface area (Å²) in [7, 11) is 0. The average Bonchev–Trinajstić information content (AvgIpc) is 2.05. The minimum absolute atomic E-state index is 0.0460. The zero-order valence-electron chi connectivity index (χ0n) is 7.75. The molecule has 0 unspecified atom stereocenters. The van der Waals surface area contributed by atoms with Crippen molar-refractivity contribution < 1.29 is 9.90 Å². The fourth-order valence-electron chi connectivity index (χ4n) is 2.19. The maximum Gasteiger partial charge on any atom is 0.306 e. The largest absolute Gasteiger partial charge is 0.481 e. The van der Waals surface area contributed by atoms with Crippen LogP contribution in [0.15, 0.2) is 0 Å². The van der Waals surface area contributed by atoms with Gasteiger partial charge in [-0.15, -0.1) is 0 Å². The van der Waals surface area contributed by atoms with E-state index in [1.807, 2.05) is 0 Å². The molecule has 1 saturated carbocycles. The highest BCUT2D eigenvalue weighted by molar-refractivity contribution is 5.70. The summed E-state index contributed by atoms with van der Waals surface area (Å²) in [4.78, 5) is 10.7. The molecule has 0 saturated heterocycles. The molecule has 0 aromatic carbocycles. The zero-order chi connectivity index (χ0) is 8.97. The van der Waals surface area contributed by atoms with E-state index in [4.69, 9.17) is 5.11 Å². The third kappa shape index (κ3) is 2.50. The highest BCUT2D eigenvalue weighted by atomic mass is 16.4. The van der Waals surface area contributed by atoms with Gasteiger partial charge in [-0.25, -0.2) is 0 Å². The van der Waals surface area contributed by atoms with Crippen LogP contribution in [-0.2, 0) is 4.79 Å². The molecule has 70 valence electrons. The molecule has 0 spiro atoms. The van der Waals surface area contributed by atoms with Crippen LogP contribution in [0.4, 0.5) is 0 Å². The fourth-order valence-corrected chi connectivity index (χ4v) is 2.19. The number of hydrogen-bond acceptors (Lipinski definition) is 1. The van der Waals surface area contributed by atoms with Crippen molar-refractivity contribution in [2.45, 2.75) is 45.4 Å². The Balaban J connectivity index is 2.35. The van der Waals surface area contributed by atoms with Crippen LogP contribution >= 0.6 is 0 Å². The Kier molecular flexibility index (Phi) is 3.57. The summed E-state index contributed by atoms with van der Waals surface area (Å²) in [6.07, 6.45) is 6.58. The van der Waals surface area contributed by atoms with Crippen molar-refractivity contribution in [2.75, 3.05) is 0 Å². The highest BCUT2D eigenvalue weighted by Gasteiger charge is 2.25. The van der Waals surface area contributed by atoms with E-state index in [0.29, 0.717) is 5.92 Å². The van der Waals surface area contributed by atoms with Gasteiger partial charge in [0.25, 0.3) is 0 Å². The van der Waals surface area contributed by atoms with E-state index in [0.717, 1.165) is 19.3 Å². The Hall–Kier alpha value is -0.530. The van der Waals surface area contributed by atoms with Crippen molar-refractivity contribution in [3.8, 4) is 0 Å². The van der Waals surface area contributed by atoms with Gasteiger partial charge in [0.1, 0.15) is 0 Å². The van der Waals surface area contributed by atoms with E-state index >= 15 is 0 Å². The Morgan fingerprint density at radius 3 is 2.83 bits per heavy atom. The molecule has 0 aliphatic heterocycles. The van der Waals surface area contributed by atoms with Gasteiger partial charge in [0.05, 0.1) is 5.92 Å². The van der Waals surface area contributed by atoms with Gasteiger partial charge in [-0.1, -0.05) is 32.6 Å². The van der Waals surface area contributed by atoms with Crippen molar-refractivity contribution in [1.82, 2.24) is 0 Å².